The Morgan fingerprint density at radius 1 is 1.38 bits per heavy atom. The standard InChI is InChI=1S/C18H18N4O2/c1-5-12-20-18(23)16-17(19-2)21-15(22(16)3)11-10-13-8-6-7-9-14(13)24-4/h1,6-9,19H,12H2,2-4H3,(H,20,23). The highest BCUT2D eigenvalue weighted by Crippen LogP contribution is 2.17. The lowest BCUT2D eigenvalue weighted by Gasteiger charge is -2.05. The van der Waals surface area contributed by atoms with Crippen LogP contribution < -0.4 is 15.4 Å². The van der Waals surface area contributed by atoms with Crippen molar-refractivity contribution in [2.24, 2.45) is 7.05 Å². The Labute approximate surface area is 141 Å². The number of hydrogen-bond acceptors (Lipinski definition) is 4. The van der Waals surface area contributed by atoms with E-state index < -0.39 is 0 Å². The molecule has 0 saturated carbocycles. The molecule has 2 rings (SSSR count). The summed E-state index contributed by atoms with van der Waals surface area (Å²) in [5.41, 5.74) is 1.12. The lowest BCUT2D eigenvalue weighted by atomic mass is 10.2. The molecule has 1 aromatic heterocycles. The van der Waals surface area contributed by atoms with Crippen LogP contribution in [0.2, 0.25) is 0 Å². The molecule has 1 heterocycles. The van der Waals surface area contributed by atoms with Gasteiger partial charge in [0.25, 0.3) is 5.91 Å². The molecule has 0 spiro atoms. The summed E-state index contributed by atoms with van der Waals surface area (Å²) in [7, 11) is 5.01. The number of anilines is 1. The number of imidazole rings is 1. The molecule has 2 N–H and O–H groups in total. The molecule has 0 aliphatic carbocycles. The second-order valence-corrected chi connectivity index (χ2v) is 4.78. The van der Waals surface area contributed by atoms with E-state index in [0.717, 1.165) is 5.56 Å². The number of aromatic nitrogens is 2. The van der Waals surface area contributed by atoms with Crippen molar-refractivity contribution < 1.29 is 9.53 Å². The summed E-state index contributed by atoms with van der Waals surface area (Å²) >= 11 is 0. The fourth-order valence-electron chi connectivity index (χ4n) is 2.13. The average Bonchev–Trinajstić information content (AvgIpc) is 2.93. The minimum absolute atomic E-state index is 0.148. The molecular formula is C18H18N4O2. The molecule has 122 valence electrons. The first kappa shape index (κ1) is 17.0. The minimum atomic E-state index is -0.308. The Hall–Kier alpha value is -3.38. The van der Waals surface area contributed by atoms with Crippen LogP contribution in [-0.4, -0.2) is 36.2 Å². The molecule has 6 heteroatoms. The number of amides is 1. The number of para-hydroxylation sites is 1. The summed E-state index contributed by atoms with van der Waals surface area (Å²) in [5, 5.41) is 5.52. The number of ether oxygens (including phenoxy) is 1. The van der Waals surface area contributed by atoms with E-state index in [2.05, 4.69) is 33.4 Å². The van der Waals surface area contributed by atoms with Gasteiger partial charge in [-0.3, -0.25) is 4.79 Å². The number of terminal acetylenes is 1. The number of nitrogens with zero attached hydrogens (tertiary/aromatic N) is 2. The van der Waals surface area contributed by atoms with Gasteiger partial charge in [0.2, 0.25) is 0 Å². The highest BCUT2D eigenvalue weighted by atomic mass is 16.5. The largest absolute Gasteiger partial charge is 0.495 e. The maximum absolute atomic E-state index is 12.2. The molecule has 0 saturated heterocycles. The summed E-state index contributed by atoms with van der Waals surface area (Å²) in [6.45, 7) is 0.148. The molecule has 0 atom stereocenters. The highest BCUT2D eigenvalue weighted by Gasteiger charge is 2.19. The molecule has 0 aliphatic rings. The van der Waals surface area contributed by atoms with Gasteiger partial charge in [0, 0.05) is 14.1 Å². The maximum atomic E-state index is 12.2. The smallest absolute Gasteiger partial charge is 0.272 e. The average molecular weight is 322 g/mol. The predicted molar refractivity (Wildman–Crippen MR) is 92.9 cm³/mol. The molecule has 1 amide bonds. The van der Waals surface area contributed by atoms with Gasteiger partial charge in [0.1, 0.15) is 5.75 Å². The summed E-state index contributed by atoms with van der Waals surface area (Å²) in [6.07, 6.45) is 5.17. The van der Waals surface area contributed by atoms with E-state index in [1.165, 1.54) is 0 Å². The lowest BCUT2D eigenvalue weighted by Crippen LogP contribution is -2.26. The number of rotatable bonds is 4. The van der Waals surface area contributed by atoms with Crippen LogP contribution in [0.25, 0.3) is 0 Å². The first-order chi connectivity index (χ1) is 11.6. The molecule has 1 aromatic carbocycles. The Bertz CT molecular complexity index is 850. The van der Waals surface area contributed by atoms with E-state index in [9.17, 15) is 4.79 Å². The SMILES string of the molecule is C#CCNC(=O)c1c(NC)nc(C#Cc2ccccc2OC)n1C. The van der Waals surface area contributed by atoms with Gasteiger partial charge in [-0.2, -0.15) is 0 Å². The second kappa shape index (κ2) is 7.75. The fraction of sp³-hybridized carbons (Fsp3) is 0.222. The molecular weight excluding hydrogens is 304 g/mol. The van der Waals surface area contributed by atoms with Crippen LogP contribution in [0, 0.1) is 24.2 Å². The van der Waals surface area contributed by atoms with Crippen molar-refractivity contribution >= 4 is 11.7 Å². The van der Waals surface area contributed by atoms with Gasteiger partial charge >= 0.3 is 0 Å². The zero-order chi connectivity index (χ0) is 17.5. The first-order valence-corrected chi connectivity index (χ1v) is 7.23. The Morgan fingerprint density at radius 3 is 2.79 bits per heavy atom. The third kappa shape index (κ3) is 3.50. The van der Waals surface area contributed by atoms with Crippen LogP contribution in [0.1, 0.15) is 21.9 Å². The van der Waals surface area contributed by atoms with Gasteiger partial charge in [-0.15, -0.1) is 6.42 Å². The van der Waals surface area contributed by atoms with Gasteiger partial charge in [0.05, 0.1) is 19.2 Å². The van der Waals surface area contributed by atoms with Crippen LogP contribution in [0.4, 0.5) is 5.82 Å². The Balaban J connectivity index is 2.40. The highest BCUT2D eigenvalue weighted by molar-refractivity contribution is 5.97. The zero-order valence-electron chi connectivity index (χ0n) is 13.8. The topological polar surface area (TPSA) is 68.2 Å². The third-order valence-corrected chi connectivity index (χ3v) is 3.31. The molecule has 24 heavy (non-hydrogen) atoms. The number of benzene rings is 1. The van der Waals surface area contributed by atoms with Crippen molar-refractivity contribution in [1.82, 2.24) is 14.9 Å². The van der Waals surface area contributed by atoms with E-state index in [1.54, 1.807) is 25.8 Å². The van der Waals surface area contributed by atoms with Gasteiger partial charge in [-0.1, -0.05) is 24.0 Å². The van der Waals surface area contributed by atoms with Crippen LogP contribution in [0.3, 0.4) is 0 Å². The van der Waals surface area contributed by atoms with Crippen LogP contribution in [0.5, 0.6) is 5.75 Å². The fourth-order valence-corrected chi connectivity index (χ4v) is 2.13. The number of methoxy groups -OCH3 is 1. The van der Waals surface area contributed by atoms with Crippen molar-refractivity contribution in [1.29, 1.82) is 0 Å². The van der Waals surface area contributed by atoms with Crippen molar-refractivity contribution in [3.05, 3.63) is 41.3 Å². The molecule has 0 fully saturated rings. The van der Waals surface area contributed by atoms with E-state index in [1.807, 2.05) is 24.3 Å². The van der Waals surface area contributed by atoms with E-state index in [0.29, 0.717) is 23.1 Å². The predicted octanol–water partition coefficient (Wildman–Crippen LogP) is 1.23. The lowest BCUT2D eigenvalue weighted by molar-refractivity contribution is 0.0951. The number of carbonyl (C=O) groups is 1. The molecule has 0 unspecified atom stereocenters. The first-order valence-electron chi connectivity index (χ1n) is 7.23. The molecule has 2 aromatic rings. The van der Waals surface area contributed by atoms with Crippen LogP contribution >= 0.6 is 0 Å². The minimum Gasteiger partial charge on any atom is -0.495 e. The summed E-state index contributed by atoms with van der Waals surface area (Å²) < 4.78 is 6.90. The Kier molecular flexibility index (Phi) is 5.49. The number of carbonyl (C=O) groups excluding carboxylic acids is 1. The van der Waals surface area contributed by atoms with Crippen LogP contribution in [0.15, 0.2) is 24.3 Å². The van der Waals surface area contributed by atoms with Gasteiger partial charge in [-0.25, -0.2) is 4.98 Å². The van der Waals surface area contributed by atoms with E-state index in [4.69, 9.17) is 11.2 Å². The summed E-state index contributed by atoms with van der Waals surface area (Å²) in [5.74, 6) is 9.63. The normalized spacial score (nSPS) is 9.42. The maximum Gasteiger partial charge on any atom is 0.272 e. The summed E-state index contributed by atoms with van der Waals surface area (Å²) in [6, 6.07) is 7.44. The Morgan fingerprint density at radius 2 is 2.12 bits per heavy atom. The van der Waals surface area contributed by atoms with E-state index >= 15 is 0 Å². The molecule has 6 nitrogen and oxygen atoms in total. The summed E-state index contributed by atoms with van der Waals surface area (Å²) in [4.78, 5) is 16.6. The van der Waals surface area contributed by atoms with Crippen molar-refractivity contribution in [2.45, 2.75) is 0 Å². The number of nitrogens with one attached hydrogen (secondary N) is 2. The van der Waals surface area contributed by atoms with Crippen molar-refractivity contribution in [3.8, 4) is 29.9 Å². The van der Waals surface area contributed by atoms with E-state index in [-0.39, 0.29) is 12.5 Å². The van der Waals surface area contributed by atoms with Crippen LogP contribution in [-0.2, 0) is 7.05 Å². The van der Waals surface area contributed by atoms with Gasteiger partial charge in [0.15, 0.2) is 17.3 Å². The molecule has 0 bridgehead atoms. The number of hydrogen-bond donors (Lipinski definition) is 2. The quantitative estimate of drug-likeness (QED) is 0.831. The van der Waals surface area contributed by atoms with Gasteiger partial charge in [-0.05, 0) is 18.1 Å². The monoisotopic (exact) mass is 322 g/mol. The second-order valence-electron chi connectivity index (χ2n) is 4.78. The third-order valence-electron chi connectivity index (χ3n) is 3.31. The molecule has 0 radical (unpaired) electrons. The van der Waals surface area contributed by atoms with Crippen molar-refractivity contribution in [2.75, 3.05) is 26.0 Å². The molecule has 0 aliphatic heterocycles. The van der Waals surface area contributed by atoms with Crippen molar-refractivity contribution in [3.63, 3.8) is 0 Å². The zero-order valence-corrected chi connectivity index (χ0v) is 13.8. The van der Waals surface area contributed by atoms with Gasteiger partial charge < -0.3 is 19.9 Å².